The summed E-state index contributed by atoms with van der Waals surface area (Å²) >= 11 is 4.57. The lowest BCUT2D eigenvalue weighted by Crippen LogP contribution is -2.36. The van der Waals surface area contributed by atoms with Crippen molar-refractivity contribution in [2.24, 2.45) is 5.41 Å². The minimum atomic E-state index is 0.216. The topological polar surface area (TPSA) is 18.5 Å². The lowest BCUT2D eigenvalue weighted by Gasteiger charge is -2.37. The van der Waals surface area contributed by atoms with E-state index in [2.05, 4.69) is 36.9 Å². The average molecular weight is 292 g/mol. The molecule has 1 fully saturated rings. The molecule has 1 aromatic rings. The zero-order valence-electron chi connectivity index (χ0n) is 12.0. The van der Waals surface area contributed by atoms with Crippen molar-refractivity contribution >= 4 is 12.6 Å². The van der Waals surface area contributed by atoms with E-state index in [-0.39, 0.29) is 11.5 Å². The predicted molar refractivity (Wildman–Crippen MR) is 84.4 cm³/mol. The largest absolute Gasteiger partial charge is 0.381 e. The molecule has 1 unspecified atom stereocenters. The third-order valence-corrected chi connectivity index (χ3v) is 5.46. The normalized spacial score (nSPS) is 25.1. The average Bonchev–Trinajstić information content (AvgIpc) is 2.54. The molecule has 0 amide bonds. The Balaban J connectivity index is 1.66. The molecular weight excluding hydrogens is 268 g/mol. The summed E-state index contributed by atoms with van der Waals surface area (Å²) in [6.07, 6.45) is 6.01. The van der Waals surface area contributed by atoms with Gasteiger partial charge in [0.1, 0.15) is 0 Å². The third-order valence-electron chi connectivity index (χ3n) is 4.79. The number of fused-ring (bicyclic) bond motifs is 1. The highest BCUT2D eigenvalue weighted by Gasteiger charge is 2.33. The van der Waals surface area contributed by atoms with Crippen molar-refractivity contribution in [2.45, 2.75) is 38.2 Å². The van der Waals surface area contributed by atoms with Gasteiger partial charge < -0.3 is 9.47 Å². The number of rotatable bonds is 4. The van der Waals surface area contributed by atoms with Crippen molar-refractivity contribution in [3.05, 3.63) is 35.4 Å². The molecule has 1 heterocycles. The first-order chi connectivity index (χ1) is 9.83. The molecule has 1 saturated heterocycles. The molecule has 20 heavy (non-hydrogen) atoms. The molecule has 0 saturated carbocycles. The van der Waals surface area contributed by atoms with E-state index in [1.807, 2.05) is 0 Å². The zero-order valence-corrected chi connectivity index (χ0v) is 12.9. The van der Waals surface area contributed by atoms with Crippen LogP contribution in [0.3, 0.4) is 0 Å². The van der Waals surface area contributed by atoms with Crippen LogP contribution in [0.2, 0.25) is 0 Å². The highest BCUT2D eigenvalue weighted by molar-refractivity contribution is 7.80. The molecule has 1 atom stereocenters. The first-order valence-corrected chi connectivity index (χ1v) is 8.34. The summed E-state index contributed by atoms with van der Waals surface area (Å²) in [4.78, 5) is 0. The molecule has 0 radical (unpaired) electrons. The van der Waals surface area contributed by atoms with Gasteiger partial charge in [0.2, 0.25) is 0 Å². The second kappa shape index (κ2) is 6.50. The predicted octanol–water partition coefficient (Wildman–Crippen LogP) is 3.81. The van der Waals surface area contributed by atoms with Gasteiger partial charge in [-0.25, -0.2) is 0 Å². The monoisotopic (exact) mass is 292 g/mol. The van der Waals surface area contributed by atoms with Crippen molar-refractivity contribution in [3.8, 4) is 0 Å². The Hall–Kier alpha value is -0.510. The second-order valence-electron chi connectivity index (χ2n) is 6.16. The van der Waals surface area contributed by atoms with Gasteiger partial charge in [0, 0.05) is 18.6 Å². The van der Waals surface area contributed by atoms with Gasteiger partial charge in [-0.3, -0.25) is 0 Å². The van der Waals surface area contributed by atoms with E-state index in [1.165, 1.54) is 24.0 Å². The van der Waals surface area contributed by atoms with Crippen LogP contribution in [0, 0.1) is 5.41 Å². The third kappa shape index (κ3) is 3.05. The van der Waals surface area contributed by atoms with Crippen LogP contribution < -0.4 is 0 Å². The maximum Gasteiger partial charge on any atom is 0.0828 e. The first kappa shape index (κ1) is 14.4. The smallest absolute Gasteiger partial charge is 0.0828 e. The molecule has 3 rings (SSSR count). The summed E-state index contributed by atoms with van der Waals surface area (Å²) in [6.45, 7) is 2.52. The molecule has 3 heteroatoms. The molecule has 0 bridgehead atoms. The van der Waals surface area contributed by atoms with Crippen LogP contribution in [-0.2, 0) is 15.9 Å². The molecule has 1 aromatic carbocycles. The molecule has 2 aliphatic rings. The van der Waals surface area contributed by atoms with E-state index in [9.17, 15) is 0 Å². The maximum atomic E-state index is 6.34. The molecule has 0 spiro atoms. The quantitative estimate of drug-likeness (QED) is 0.851. The van der Waals surface area contributed by atoms with Gasteiger partial charge in [0.05, 0.1) is 12.7 Å². The van der Waals surface area contributed by atoms with Gasteiger partial charge in [0.15, 0.2) is 0 Å². The minimum Gasteiger partial charge on any atom is -0.381 e. The second-order valence-corrected chi connectivity index (χ2v) is 6.48. The van der Waals surface area contributed by atoms with Gasteiger partial charge in [-0.05, 0) is 49.0 Å². The molecular formula is C17H24O2S. The van der Waals surface area contributed by atoms with Crippen LogP contribution in [0.5, 0.6) is 0 Å². The van der Waals surface area contributed by atoms with E-state index < -0.39 is 0 Å². The molecule has 110 valence electrons. The Morgan fingerprint density at radius 2 is 2.05 bits per heavy atom. The maximum absolute atomic E-state index is 6.34. The molecule has 2 nitrogen and oxygen atoms in total. The molecule has 1 aliphatic heterocycles. The van der Waals surface area contributed by atoms with Crippen LogP contribution in [0.15, 0.2) is 24.3 Å². The number of aryl methyl sites for hydroxylation is 1. The standard InChI is InChI=1S/C17H24O2S/c20-13-17(8-10-18-11-9-17)12-19-16-7-3-5-14-4-1-2-6-15(14)16/h1-2,4,6,16,20H,3,5,7-13H2. The van der Waals surface area contributed by atoms with Crippen molar-refractivity contribution in [1.82, 2.24) is 0 Å². The molecule has 1 aliphatic carbocycles. The summed E-state index contributed by atoms with van der Waals surface area (Å²) in [5.41, 5.74) is 3.09. The van der Waals surface area contributed by atoms with Crippen LogP contribution in [0.25, 0.3) is 0 Å². The Labute approximate surface area is 127 Å². The summed E-state index contributed by atoms with van der Waals surface area (Å²) in [6, 6.07) is 8.74. The van der Waals surface area contributed by atoms with Crippen molar-refractivity contribution < 1.29 is 9.47 Å². The van der Waals surface area contributed by atoms with E-state index in [1.54, 1.807) is 0 Å². The fourth-order valence-corrected chi connectivity index (χ4v) is 3.72. The van der Waals surface area contributed by atoms with Gasteiger partial charge in [-0.15, -0.1) is 0 Å². The summed E-state index contributed by atoms with van der Waals surface area (Å²) in [7, 11) is 0. The SMILES string of the molecule is SCC1(COC2CCCc3ccccc32)CCOCC1. The molecule has 0 N–H and O–H groups in total. The lowest BCUT2D eigenvalue weighted by atomic mass is 9.82. The highest BCUT2D eigenvalue weighted by atomic mass is 32.1. The van der Waals surface area contributed by atoms with Gasteiger partial charge in [-0.2, -0.15) is 12.6 Å². The van der Waals surface area contributed by atoms with E-state index in [4.69, 9.17) is 9.47 Å². The van der Waals surface area contributed by atoms with Crippen LogP contribution in [0.1, 0.15) is 42.9 Å². The summed E-state index contributed by atoms with van der Waals surface area (Å²) in [5.74, 6) is 0.894. The number of ether oxygens (including phenoxy) is 2. The van der Waals surface area contributed by atoms with E-state index >= 15 is 0 Å². The number of hydrogen-bond acceptors (Lipinski definition) is 3. The lowest BCUT2D eigenvalue weighted by molar-refractivity contribution is -0.0572. The Morgan fingerprint density at radius 1 is 1.25 bits per heavy atom. The van der Waals surface area contributed by atoms with Crippen LogP contribution in [-0.4, -0.2) is 25.6 Å². The van der Waals surface area contributed by atoms with Crippen molar-refractivity contribution in [1.29, 1.82) is 0 Å². The van der Waals surface area contributed by atoms with E-state index in [0.29, 0.717) is 0 Å². The molecule has 0 aromatic heterocycles. The van der Waals surface area contributed by atoms with Gasteiger partial charge in [-0.1, -0.05) is 24.3 Å². The number of benzene rings is 1. The number of hydrogen-bond donors (Lipinski definition) is 1. The Morgan fingerprint density at radius 3 is 2.85 bits per heavy atom. The van der Waals surface area contributed by atoms with E-state index in [0.717, 1.165) is 44.8 Å². The van der Waals surface area contributed by atoms with Gasteiger partial charge >= 0.3 is 0 Å². The van der Waals surface area contributed by atoms with Gasteiger partial charge in [0.25, 0.3) is 0 Å². The van der Waals surface area contributed by atoms with Crippen molar-refractivity contribution in [2.75, 3.05) is 25.6 Å². The highest BCUT2D eigenvalue weighted by Crippen LogP contribution is 2.37. The summed E-state index contributed by atoms with van der Waals surface area (Å²) in [5, 5.41) is 0. The number of thiol groups is 1. The Bertz CT molecular complexity index is 440. The fraction of sp³-hybridized carbons (Fsp3) is 0.647. The van der Waals surface area contributed by atoms with Crippen molar-refractivity contribution in [3.63, 3.8) is 0 Å². The fourth-order valence-electron chi connectivity index (χ4n) is 3.31. The first-order valence-electron chi connectivity index (χ1n) is 7.71. The minimum absolute atomic E-state index is 0.216. The summed E-state index contributed by atoms with van der Waals surface area (Å²) < 4.78 is 11.8. The van der Waals surface area contributed by atoms with Crippen LogP contribution in [0.4, 0.5) is 0 Å². The van der Waals surface area contributed by atoms with Crippen LogP contribution >= 0.6 is 12.6 Å². The Kier molecular flexibility index (Phi) is 4.69. The zero-order chi connectivity index (χ0) is 13.8.